The predicted molar refractivity (Wildman–Crippen MR) is 45.5 cm³/mol. The number of nitrogens with two attached hydrogens (primary N) is 1. The highest BCUT2D eigenvalue weighted by atomic mass is 19.4. The monoisotopic (exact) mass is 279 g/mol. The van der Waals surface area contributed by atoms with Crippen molar-refractivity contribution in [1.29, 1.82) is 0 Å². The molecule has 0 spiro atoms. The number of nitrogen functional groups attached to an aromatic ring is 1. The van der Waals surface area contributed by atoms with Crippen LogP contribution >= 0.6 is 0 Å². The summed E-state index contributed by atoms with van der Waals surface area (Å²) < 4.78 is 101. The summed E-state index contributed by atoms with van der Waals surface area (Å²) >= 11 is 0. The zero-order valence-electron chi connectivity index (χ0n) is 8.60. The molecule has 0 bridgehead atoms. The van der Waals surface area contributed by atoms with Crippen molar-refractivity contribution in [3.63, 3.8) is 0 Å². The van der Waals surface area contributed by atoms with Gasteiger partial charge in [-0.1, -0.05) is 0 Å². The molecule has 0 saturated carbocycles. The maximum atomic E-state index is 13.1. The lowest BCUT2D eigenvalue weighted by molar-refractivity contribution is -0.164. The van der Waals surface area contributed by atoms with E-state index in [4.69, 9.17) is 0 Å². The van der Waals surface area contributed by atoms with E-state index in [9.17, 15) is 35.1 Å². The van der Waals surface area contributed by atoms with Crippen molar-refractivity contribution in [3.8, 4) is 0 Å². The molecule has 0 aliphatic heterocycles. The largest absolute Gasteiger partial charge is 0.419 e. The molecule has 1 rings (SSSR count). The lowest BCUT2D eigenvalue weighted by atomic mass is 9.98. The van der Waals surface area contributed by atoms with E-state index in [1.165, 1.54) is 0 Å². The summed E-state index contributed by atoms with van der Waals surface area (Å²) in [4.78, 5) is 0. The number of benzene rings is 1. The van der Waals surface area contributed by atoms with E-state index in [0.717, 1.165) is 0 Å². The zero-order valence-corrected chi connectivity index (χ0v) is 8.60. The highest BCUT2D eigenvalue weighted by molar-refractivity contribution is 5.54. The van der Waals surface area contributed by atoms with Gasteiger partial charge in [0.2, 0.25) is 0 Å². The fourth-order valence-corrected chi connectivity index (χ4v) is 1.46. The minimum absolute atomic E-state index is 0.448. The molecule has 0 saturated heterocycles. The number of anilines is 1. The van der Waals surface area contributed by atoms with Gasteiger partial charge < -0.3 is 5.73 Å². The molecule has 18 heavy (non-hydrogen) atoms. The van der Waals surface area contributed by atoms with Crippen LogP contribution < -0.4 is 5.73 Å². The minimum atomic E-state index is -5.64. The molecule has 0 aliphatic rings. The van der Waals surface area contributed by atoms with Gasteiger partial charge in [-0.2, -0.15) is 26.3 Å². The topological polar surface area (TPSA) is 26.0 Å². The first-order valence-electron chi connectivity index (χ1n) is 4.30. The van der Waals surface area contributed by atoms with Crippen LogP contribution in [0, 0.1) is 18.6 Å². The molecule has 0 heterocycles. The molecule has 2 N–H and O–H groups in total. The Bertz CT molecular complexity index is 440. The Morgan fingerprint density at radius 3 is 1.50 bits per heavy atom. The normalized spacial score (nSPS) is 12.9. The summed E-state index contributed by atoms with van der Waals surface area (Å²) in [5.41, 5.74) is -3.32. The Balaban J connectivity index is 3.89. The second-order valence-electron chi connectivity index (χ2n) is 3.41. The molecule has 1 aromatic rings. The van der Waals surface area contributed by atoms with Gasteiger partial charge in [0, 0.05) is 0 Å². The molecule has 102 valence electrons. The van der Waals surface area contributed by atoms with Crippen LogP contribution in [0.2, 0.25) is 0 Å². The molecule has 9 heteroatoms. The number of hydrogen-bond acceptors (Lipinski definition) is 1. The highest BCUT2D eigenvalue weighted by Crippen LogP contribution is 2.45. The average Bonchev–Trinajstić information content (AvgIpc) is 2.16. The molecule has 0 aliphatic carbocycles. The fraction of sp³-hybridized carbons (Fsp3) is 0.333. The second-order valence-corrected chi connectivity index (χ2v) is 3.41. The molecular weight excluding hydrogens is 274 g/mol. The van der Waals surface area contributed by atoms with E-state index in [1.807, 2.05) is 0 Å². The number of halogens is 8. The van der Waals surface area contributed by atoms with Gasteiger partial charge in [0.1, 0.15) is 11.3 Å². The van der Waals surface area contributed by atoms with E-state index in [-0.39, 0.29) is 0 Å². The number of hydrogen-bond donors (Lipinski definition) is 1. The third-order valence-electron chi connectivity index (χ3n) is 2.21. The smallest absolute Gasteiger partial charge is 0.394 e. The predicted octanol–water partition coefficient (Wildman–Crippen LogP) is 3.89. The van der Waals surface area contributed by atoms with Crippen molar-refractivity contribution >= 4 is 5.69 Å². The van der Waals surface area contributed by atoms with Crippen LogP contribution in [-0.2, 0) is 12.4 Å². The van der Waals surface area contributed by atoms with Gasteiger partial charge in [0.15, 0.2) is 11.6 Å². The van der Waals surface area contributed by atoms with Gasteiger partial charge in [0.25, 0.3) is 0 Å². The quantitative estimate of drug-likeness (QED) is 0.566. The van der Waals surface area contributed by atoms with Crippen molar-refractivity contribution < 1.29 is 35.1 Å². The zero-order chi connectivity index (χ0) is 14.5. The summed E-state index contributed by atoms with van der Waals surface area (Å²) in [5, 5.41) is 0. The molecule has 1 aromatic carbocycles. The van der Waals surface area contributed by atoms with Gasteiger partial charge in [-0.15, -0.1) is 0 Å². The Kier molecular flexibility index (Phi) is 3.22. The van der Waals surface area contributed by atoms with Crippen LogP contribution in [0.5, 0.6) is 0 Å². The van der Waals surface area contributed by atoms with Gasteiger partial charge >= 0.3 is 12.4 Å². The standard InChI is InChI=1S/C9H5F8N/c1-2-3(8(12,13)14)4(9(15,16)17)6(11)7(18)5(2)10/h18H2,1H3. The third kappa shape index (κ3) is 2.21. The fourth-order valence-electron chi connectivity index (χ4n) is 1.46. The number of rotatable bonds is 0. The van der Waals surface area contributed by atoms with Crippen molar-refractivity contribution in [1.82, 2.24) is 0 Å². The second kappa shape index (κ2) is 3.99. The Labute approximate surface area is 95.2 Å². The summed E-state index contributed by atoms with van der Waals surface area (Å²) in [6.45, 7) is 0.448. The molecule has 0 atom stereocenters. The molecule has 0 unspecified atom stereocenters. The summed E-state index contributed by atoms with van der Waals surface area (Å²) in [6, 6.07) is 0. The van der Waals surface area contributed by atoms with E-state index >= 15 is 0 Å². The number of alkyl halides is 6. The molecule has 0 amide bonds. The van der Waals surface area contributed by atoms with Gasteiger partial charge in [-0.05, 0) is 12.5 Å². The van der Waals surface area contributed by atoms with Crippen LogP contribution in [0.15, 0.2) is 0 Å². The molecule has 0 radical (unpaired) electrons. The SMILES string of the molecule is Cc1c(F)c(N)c(F)c(C(F)(F)F)c1C(F)(F)F. The lowest BCUT2D eigenvalue weighted by Gasteiger charge is -2.20. The molecular formula is C9H5F8N. The highest BCUT2D eigenvalue weighted by Gasteiger charge is 2.48. The lowest BCUT2D eigenvalue weighted by Crippen LogP contribution is -2.22. The summed E-state index contributed by atoms with van der Waals surface area (Å²) in [6.07, 6.45) is -11.2. The Hall–Kier alpha value is -1.54. The van der Waals surface area contributed by atoms with E-state index in [2.05, 4.69) is 5.73 Å². The Morgan fingerprint density at radius 1 is 0.778 bits per heavy atom. The van der Waals surface area contributed by atoms with Crippen molar-refractivity contribution in [2.24, 2.45) is 0 Å². The molecule has 1 nitrogen and oxygen atoms in total. The van der Waals surface area contributed by atoms with Crippen LogP contribution in [-0.4, -0.2) is 0 Å². The van der Waals surface area contributed by atoms with Crippen LogP contribution in [0.1, 0.15) is 16.7 Å². The third-order valence-corrected chi connectivity index (χ3v) is 2.21. The average molecular weight is 279 g/mol. The van der Waals surface area contributed by atoms with Crippen LogP contribution in [0.3, 0.4) is 0 Å². The molecule has 0 fully saturated rings. The van der Waals surface area contributed by atoms with Crippen LogP contribution in [0.4, 0.5) is 40.8 Å². The van der Waals surface area contributed by atoms with Gasteiger partial charge in [-0.25, -0.2) is 8.78 Å². The first kappa shape index (κ1) is 14.5. The van der Waals surface area contributed by atoms with E-state index in [1.54, 1.807) is 0 Å². The van der Waals surface area contributed by atoms with Crippen molar-refractivity contribution in [2.45, 2.75) is 19.3 Å². The van der Waals surface area contributed by atoms with E-state index in [0.29, 0.717) is 6.92 Å². The first-order valence-corrected chi connectivity index (χ1v) is 4.30. The Morgan fingerprint density at radius 2 is 1.17 bits per heavy atom. The minimum Gasteiger partial charge on any atom is -0.394 e. The molecule has 0 aromatic heterocycles. The van der Waals surface area contributed by atoms with Crippen LogP contribution in [0.25, 0.3) is 0 Å². The first-order chi connectivity index (χ1) is 7.89. The maximum Gasteiger partial charge on any atom is 0.419 e. The van der Waals surface area contributed by atoms with Crippen molar-refractivity contribution in [3.05, 3.63) is 28.3 Å². The van der Waals surface area contributed by atoms with E-state index < -0.39 is 46.4 Å². The van der Waals surface area contributed by atoms with Gasteiger partial charge in [0.05, 0.1) is 5.56 Å². The maximum absolute atomic E-state index is 13.1. The summed E-state index contributed by atoms with van der Waals surface area (Å²) in [7, 11) is 0. The van der Waals surface area contributed by atoms with Gasteiger partial charge in [-0.3, -0.25) is 0 Å². The van der Waals surface area contributed by atoms with Crippen molar-refractivity contribution in [2.75, 3.05) is 5.73 Å². The summed E-state index contributed by atoms with van der Waals surface area (Å²) in [5.74, 6) is -4.31.